The molecule has 1 amide bonds. The number of carbonyl (C=O) groups excluding carboxylic acids is 1. The molecule has 0 saturated carbocycles. The molecule has 5 nitrogen and oxygen atoms in total. The average molecular weight is 220 g/mol. The van der Waals surface area contributed by atoms with Gasteiger partial charge in [0.1, 0.15) is 0 Å². The molecule has 0 saturated heterocycles. The summed E-state index contributed by atoms with van der Waals surface area (Å²) in [6, 6.07) is 0. The molecular weight excluding hydrogens is 212 g/mol. The molecular formula is C9H8N4OS. The van der Waals surface area contributed by atoms with Gasteiger partial charge in [-0.1, -0.05) is 0 Å². The number of hydrogen-bond donors (Lipinski definition) is 1. The van der Waals surface area contributed by atoms with E-state index in [0.29, 0.717) is 0 Å². The Balaban J connectivity index is 2.28. The third-order valence-corrected chi connectivity index (χ3v) is 2.83. The Morgan fingerprint density at radius 3 is 3.33 bits per heavy atom. The van der Waals surface area contributed by atoms with Crippen LogP contribution in [0.15, 0.2) is 11.6 Å². The highest BCUT2D eigenvalue weighted by Gasteiger charge is 2.09. The molecule has 0 aliphatic heterocycles. The molecule has 0 aliphatic carbocycles. The minimum atomic E-state index is -0.302. The van der Waals surface area contributed by atoms with E-state index >= 15 is 0 Å². The van der Waals surface area contributed by atoms with Gasteiger partial charge in [-0.05, 0) is 6.92 Å². The van der Waals surface area contributed by atoms with Gasteiger partial charge in [-0.15, -0.1) is 11.3 Å². The molecule has 0 atom stereocenters. The highest BCUT2D eigenvalue weighted by Crippen LogP contribution is 2.16. The molecule has 0 aliphatic rings. The number of aryl methyl sites for hydroxylation is 1. The molecule has 0 unspecified atom stereocenters. The Morgan fingerprint density at radius 1 is 1.80 bits per heavy atom. The van der Waals surface area contributed by atoms with Crippen LogP contribution in [0.3, 0.4) is 0 Å². The Bertz CT molecular complexity index is 548. The van der Waals surface area contributed by atoms with Gasteiger partial charge in [0.15, 0.2) is 11.2 Å². The van der Waals surface area contributed by atoms with Gasteiger partial charge in [0.05, 0.1) is 12.1 Å². The normalized spacial score (nSPS) is 10.1. The summed E-state index contributed by atoms with van der Waals surface area (Å²) in [5, 5.41) is 12.3. The van der Waals surface area contributed by atoms with Crippen LogP contribution >= 0.6 is 11.3 Å². The van der Waals surface area contributed by atoms with Crippen LogP contribution in [0.4, 0.5) is 0 Å². The summed E-state index contributed by atoms with van der Waals surface area (Å²) in [7, 11) is 0. The van der Waals surface area contributed by atoms with Crippen molar-refractivity contribution in [3.63, 3.8) is 0 Å². The third-order valence-electron chi connectivity index (χ3n) is 1.94. The van der Waals surface area contributed by atoms with E-state index in [0.717, 1.165) is 16.3 Å². The smallest absolute Gasteiger partial charge is 0.238 e. The number of hydrogen-bond acceptors (Lipinski definition) is 4. The Kier molecular flexibility index (Phi) is 2.39. The summed E-state index contributed by atoms with van der Waals surface area (Å²) < 4.78 is 1.87. The fraction of sp³-hybridized carbons (Fsp3) is 0.222. The minimum absolute atomic E-state index is 0.198. The Hall–Kier alpha value is -1.87. The Labute approximate surface area is 90.0 Å². The van der Waals surface area contributed by atoms with Crippen molar-refractivity contribution < 1.29 is 4.79 Å². The molecule has 2 aromatic rings. The van der Waals surface area contributed by atoms with Crippen LogP contribution < -0.4 is 5.32 Å². The first-order chi connectivity index (χ1) is 7.20. The molecule has 1 N–H and O–H groups in total. The van der Waals surface area contributed by atoms with E-state index in [1.54, 1.807) is 6.19 Å². The van der Waals surface area contributed by atoms with Crippen molar-refractivity contribution in [1.82, 2.24) is 14.7 Å². The summed E-state index contributed by atoms with van der Waals surface area (Å²) in [4.78, 5) is 16.3. The number of fused-ring (bicyclic) bond motifs is 1. The predicted octanol–water partition coefficient (Wildman–Crippen LogP) is 0.844. The van der Waals surface area contributed by atoms with Crippen LogP contribution in [0.1, 0.15) is 11.4 Å². The lowest BCUT2D eigenvalue weighted by Crippen LogP contribution is -2.20. The molecule has 0 bridgehead atoms. The second kappa shape index (κ2) is 3.71. The van der Waals surface area contributed by atoms with E-state index < -0.39 is 0 Å². The van der Waals surface area contributed by atoms with Crippen molar-refractivity contribution in [3.8, 4) is 6.19 Å². The van der Waals surface area contributed by atoms with Crippen molar-refractivity contribution in [2.24, 2.45) is 0 Å². The summed E-state index contributed by atoms with van der Waals surface area (Å²) >= 11 is 1.48. The number of nitrogens with one attached hydrogen (secondary N) is 1. The quantitative estimate of drug-likeness (QED) is 0.602. The highest BCUT2D eigenvalue weighted by molar-refractivity contribution is 7.15. The molecule has 2 aromatic heterocycles. The lowest BCUT2D eigenvalue weighted by atomic mass is 10.3. The molecule has 0 aromatic carbocycles. The topological polar surface area (TPSA) is 70.2 Å². The molecule has 6 heteroatoms. The molecule has 2 rings (SSSR count). The van der Waals surface area contributed by atoms with Crippen LogP contribution in [0.2, 0.25) is 0 Å². The summed E-state index contributed by atoms with van der Waals surface area (Å²) in [5.74, 6) is -0.302. The fourth-order valence-electron chi connectivity index (χ4n) is 1.34. The zero-order chi connectivity index (χ0) is 10.8. The number of amides is 1. The van der Waals surface area contributed by atoms with Crippen LogP contribution in [-0.2, 0) is 11.2 Å². The maximum Gasteiger partial charge on any atom is 0.238 e. The van der Waals surface area contributed by atoms with E-state index in [1.165, 1.54) is 11.3 Å². The van der Waals surface area contributed by atoms with Crippen LogP contribution in [0, 0.1) is 18.4 Å². The number of thiazole rings is 1. The third kappa shape index (κ3) is 1.82. The van der Waals surface area contributed by atoms with Gasteiger partial charge < -0.3 is 0 Å². The molecule has 0 spiro atoms. The van der Waals surface area contributed by atoms with Gasteiger partial charge in [0.2, 0.25) is 5.91 Å². The average Bonchev–Trinajstić information content (AvgIpc) is 2.67. The number of carbonyl (C=O) groups is 1. The number of imidazole rings is 1. The first-order valence-electron chi connectivity index (χ1n) is 4.30. The van der Waals surface area contributed by atoms with Crippen molar-refractivity contribution >= 4 is 22.2 Å². The lowest BCUT2D eigenvalue weighted by Gasteiger charge is -1.95. The monoisotopic (exact) mass is 220 g/mol. The zero-order valence-electron chi connectivity index (χ0n) is 8.02. The van der Waals surface area contributed by atoms with Crippen molar-refractivity contribution in [2.45, 2.75) is 13.3 Å². The predicted molar refractivity (Wildman–Crippen MR) is 55.3 cm³/mol. The molecule has 15 heavy (non-hydrogen) atoms. The van der Waals surface area contributed by atoms with Gasteiger partial charge in [-0.25, -0.2) is 4.98 Å². The summed E-state index contributed by atoms with van der Waals surface area (Å²) in [6.07, 6.45) is 3.69. The second-order valence-electron chi connectivity index (χ2n) is 3.10. The van der Waals surface area contributed by atoms with Crippen LogP contribution in [0.5, 0.6) is 0 Å². The molecule has 0 fully saturated rings. The van der Waals surface area contributed by atoms with Crippen molar-refractivity contribution in [3.05, 3.63) is 23.0 Å². The van der Waals surface area contributed by atoms with Crippen molar-refractivity contribution in [1.29, 1.82) is 5.26 Å². The maximum absolute atomic E-state index is 11.2. The maximum atomic E-state index is 11.2. The first kappa shape index (κ1) is 9.68. The summed E-state index contributed by atoms with van der Waals surface area (Å²) in [5.41, 5.74) is 1.77. The van der Waals surface area contributed by atoms with Gasteiger partial charge >= 0.3 is 0 Å². The van der Waals surface area contributed by atoms with Crippen LogP contribution in [-0.4, -0.2) is 15.3 Å². The van der Waals surface area contributed by atoms with Crippen molar-refractivity contribution in [2.75, 3.05) is 0 Å². The molecule has 0 radical (unpaired) electrons. The number of nitrogens with zero attached hydrogens (tertiary/aromatic N) is 3. The lowest BCUT2D eigenvalue weighted by molar-refractivity contribution is -0.119. The standard InChI is InChI=1S/C9H8N4OS/c1-6-3-13-7(2-8(14)11-5-10)4-15-9(13)12-6/h3-4H,2H2,1H3,(H,11,14). The Morgan fingerprint density at radius 2 is 2.60 bits per heavy atom. The number of aromatic nitrogens is 2. The van der Waals surface area contributed by atoms with Gasteiger partial charge in [-0.2, -0.15) is 5.26 Å². The summed E-state index contributed by atoms with van der Waals surface area (Å²) in [6.45, 7) is 1.90. The highest BCUT2D eigenvalue weighted by atomic mass is 32.1. The first-order valence-corrected chi connectivity index (χ1v) is 5.18. The number of rotatable bonds is 2. The zero-order valence-corrected chi connectivity index (χ0v) is 8.84. The van der Waals surface area contributed by atoms with E-state index in [-0.39, 0.29) is 12.3 Å². The molecule has 2 heterocycles. The van der Waals surface area contributed by atoms with Gasteiger partial charge in [0.25, 0.3) is 0 Å². The van der Waals surface area contributed by atoms with E-state index in [4.69, 9.17) is 5.26 Å². The SMILES string of the molecule is Cc1cn2c(CC(=O)NC#N)csc2n1. The molecule has 76 valence electrons. The number of nitriles is 1. The van der Waals surface area contributed by atoms with E-state index in [9.17, 15) is 4.79 Å². The van der Waals surface area contributed by atoms with Gasteiger partial charge in [-0.3, -0.25) is 14.5 Å². The van der Waals surface area contributed by atoms with E-state index in [2.05, 4.69) is 10.3 Å². The van der Waals surface area contributed by atoms with E-state index in [1.807, 2.05) is 22.9 Å². The minimum Gasteiger partial charge on any atom is -0.294 e. The second-order valence-corrected chi connectivity index (χ2v) is 3.94. The van der Waals surface area contributed by atoms with Crippen LogP contribution in [0.25, 0.3) is 4.96 Å². The fourth-order valence-corrected chi connectivity index (χ4v) is 2.26. The van der Waals surface area contributed by atoms with Gasteiger partial charge in [0, 0.05) is 17.3 Å². The largest absolute Gasteiger partial charge is 0.294 e.